The van der Waals surface area contributed by atoms with Crippen molar-refractivity contribution in [3.8, 4) is 0 Å². The summed E-state index contributed by atoms with van der Waals surface area (Å²) in [6.45, 7) is 2.01. The maximum atomic E-state index is 12.3. The Bertz CT molecular complexity index is 740. The lowest BCUT2D eigenvalue weighted by Crippen LogP contribution is -2.29. The van der Waals surface area contributed by atoms with E-state index < -0.39 is 51.8 Å². The fourth-order valence-electron chi connectivity index (χ4n) is 3.47. The highest BCUT2D eigenvalue weighted by Crippen LogP contribution is 2.43. The Hall–Kier alpha value is -1.55. The van der Waals surface area contributed by atoms with Crippen LogP contribution >= 0.6 is 7.82 Å². The molecule has 3 N–H and O–H groups in total. The first-order valence-corrected chi connectivity index (χ1v) is 16.3. The Balaban J connectivity index is 4.28. The lowest BCUT2D eigenvalue weighted by Gasteiger charge is -2.20. The van der Waals surface area contributed by atoms with Gasteiger partial charge >= 0.3 is 19.8 Å². The Labute approximate surface area is 240 Å². The summed E-state index contributed by atoms with van der Waals surface area (Å²) in [5, 5.41) is 18.1. The third kappa shape index (κ3) is 25.4. The lowest BCUT2D eigenvalue weighted by molar-refractivity contribution is -0.161. The van der Waals surface area contributed by atoms with Crippen LogP contribution in [0, 0.1) is 0 Å². The molecule has 0 aromatic heterocycles. The van der Waals surface area contributed by atoms with Crippen molar-refractivity contribution in [3.63, 3.8) is 0 Å². The van der Waals surface area contributed by atoms with E-state index in [-0.39, 0.29) is 19.4 Å². The van der Waals surface area contributed by atoms with Crippen LogP contribution in [0.15, 0.2) is 24.3 Å². The molecule has 0 radical (unpaired) electrons. The molecule has 0 aliphatic carbocycles. The van der Waals surface area contributed by atoms with E-state index in [2.05, 4.69) is 35.8 Å². The van der Waals surface area contributed by atoms with E-state index in [4.69, 9.17) is 19.1 Å². The molecule has 234 valence electrons. The zero-order chi connectivity index (χ0) is 29.9. The van der Waals surface area contributed by atoms with Gasteiger partial charge in [0.2, 0.25) is 0 Å². The molecule has 3 atom stereocenters. The van der Waals surface area contributed by atoms with Crippen LogP contribution < -0.4 is 0 Å². The molecule has 0 bridgehead atoms. The largest absolute Gasteiger partial charge is 0.472 e. The SMILES string of the molecule is CCCCC/C=C\C/C=C\CCCCCCCC(=O)OC(COC(=O)CCCC)COP(=O)(O)OCC(O)CO. The number of carbonyl (C=O) groups excluding carboxylic acids is 2. The number of allylic oxidation sites excluding steroid dienone is 4. The van der Waals surface area contributed by atoms with E-state index in [1.165, 1.54) is 19.3 Å². The number of rotatable bonds is 27. The van der Waals surface area contributed by atoms with Crippen LogP contribution in [-0.2, 0) is 32.7 Å². The number of esters is 2. The van der Waals surface area contributed by atoms with Crippen molar-refractivity contribution in [2.45, 2.75) is 122 Å². The Kier molecular flexibility index (Phi) is 25.3. The number of carbonyl (C=O) groups is 2. The van der Waals surface area contributed by atoms with Crippen LogP contribution in [-0.4, -0.2) is 65.7 Å². The van der Waals surface area contributed by atoms with Crippen LogP contribution in [0.3, 0.4) is 0 Å². The maximum Gasteiger partial charge on any atom is 0.472 e. The molecular weight excluding hydrogens is 539 g/mol. The summed E-state index contributed by atoms with van der Waals surface area (Å²) in [6.07, 6.45) is 20.0. The topological polar surface area (TPSA) is 149 Å². The smallest absolute Gasteiger partial charge is 0.462 e. The van der Waals surface area contributed by atoms with Gasteiger partial charge in [0.1, 0.15) is 12.7 Å². The van der Waals surface area contributed by atoms with Crippen molar-refractivity contribution in [2.24, 2.45) is 0 Å². The standard InChI is InChI=1S/C29H53O10P/c1-3-5-7-8-9-10-11-12-13-14-15-16-17-18-19-21-29(33)39-27(24-36-28(32)20-6-4-2)25-38-40(34,35)37-23-26(31)22-30/h9-10,12-13,26-27,30-31H,3-8,11,14-25H2,1-2H3,(H,34,35)/b10-9-,13-12-. The van der Waals surface area contributed by atoms with Gasteiger partial charge in [0, 0.05) is 12.8 Å². The quantitative estimate of drug-likeness (QED) is 0.0453. The van der Waals surface area contributed by atoms with Gasteiger partial charge < -0.3 is 24.6 Å². The van der Waals surface area contributed by atoms with E-state index in [0.717, 1.165) is 51.4 Å². The van der Waals surface area contributed by atoms with Crippen LogP contribution in [0.1, 0.15) is 110 Å². The molecule has 0 saturated heterocycles. The maximum absolute atomic E-state index is 12.3. The Morgan fingerprint density at radius 1 is 0.750 bits per heavy atom. The number of aliphatic hydroxyl groups is 2. The number of phosphoric ester groups is 1. The summed E-state index contributed by atoms with van der Waals surface area (Å²) in [5.41, 5.74) is 0. The van der Waals surface area contributed by atoms with Gasteiger partial charge in [-0.25, -0.2) is 4.57 Å². The summed E-state index contributed by atoms with van der Waals surface area (Å²) in [7, 11) is -4.59. The number of hydrogen-bond acceptors (Lipinski definition) is 9. The molecule has 0 fully saturated rings. The highest BCUT2D eigenvalue weighted by molar-refractivity contribution is 7.47. The van der Waals surface area contributed by atoms with Crippen molar-refractivity contribution < 1.29 is 47.8 Å². The number of aliphatic hydroxyl groups excluding tert-OH is 2. The van der Waals surface area contributed by atoms with Crippen molar-refractivity contribution in [3.05, 3.63) is 24.3 Å². The van der Waals surface area contributed by atoms with Gasteiger partial charge in [0.15, 0.2) is 6.10 Å². The number of phosphoric acid groups is 1. The highest BCUT2D eigenvalue weighted by atomic mass is 31.2. The lowest BCUT2D eigenvalue weighted by atomic mass is 10.1. The average Bonchev–Trinajstić information content (AvgIpc) is 2.94. The van der Waals surface area contributed by atoms with E-state index in [1.807, 2.05) is 6.92 Å². The molecule has 11 heteroatoms. The van der Waals surface area contributed by atoms with E-state index in [0.29, 0.717) is 12.8 Å². The molecule has 0 aliphatic heterocycles. The molecule has 10 nitrogen and oxygen atoms in total. The van der Waals surface area contributed by atoms with E-state index in [1.54, 1.807) is 0 Å². The van der Waals surface area contributed by atoms with Crippen molar-refractivity contribution in [2.75, 3.05) is 26.4 Å². The van der Waals surface area contributed by atoms with Crippen LogP contribution in [0.4, 0.5) is 0 Å². The average molecular weight is 593 g/mol. The molecular formula is C29H53O10P. The van der Waals surface area contributed by atoms with E-state index >= 15 is 0 Å². The molecule has 40 heavy (non-hydrogen) atoms. The first-order chi connectivity index (χ1) is 19.2. The van der Waals surface area contributed by atoms with Gasteiger partial charge in [0.05, 0.1) is 19.8 Å². The fraction of sp³-hybridized carbons (Fsp3) is 0.793. The molecule has 0 aromatic carbocycles. The fourth-order valence-corrected chi connectivity index (χ4v) is 4.26. The zero-order valence-corrected chi connectivity index (χ0v) is 25.4. The van der Waals surface area contributed by atoms with Crippen molar-refractivity contribution in [1.82, 2.24) is 0 Å². The normalized spacial score (nSPS) is 14.8. The minimum Gasteiger partial charge on any atom is -0.462 e. The third-order valence-electron chi connectivity index (χ3n) is 5.86. The second kappa shape index (κ2) is 26.4. The Morgan fingerprint density at radius 2 is 1.32 bits per heavy atom. The van der Waals surface area contributed by atoms with Gasteiger partial charge in [-0.05, 0) is 44.9 Å². The van der Waals surface area contributed by atoms with Gasteiger partial charge in [-0.15, -0.1) is 0 Å². The molecule has 0 saturated carbocycles. The van der Waals surface area contributed by atoms with Crippen LogP contribution in [0.2, 0.25) is 0 Å². The minimum absolute atomic E-state index is 0.167. The first-order valence-electron chi connectivity index (χ1n) is 14.8. The minimum atomic E-state index is -4.59. The van der Waals surface area contributed by atoms with Gasteiger partial charge in [-0.3, -0.25) is 18.6 Å². The monoisotopic (exact) mass is 592 g/mol. The van der Waals surface area contributed by atoms with Crippen molar-refractivity contribution >= 4 is 19.8 Å². The predicted molar refractivity (Wildman–Crippen MR) is 155 cm³/mol. The zero-order valence-electron chi connectivity index (χ0n) is 24.5. The van der Waals surface area contributed by atoms with Gasteiger partial charge in [0.25, 0.3) is 0 Å². The molecule has 0 spiro atoms. The molecule has 0 aromatic rings. The number of unbranched alkanes of at least 4 members (excludes halogenated alkanes) is 9. The van der Waals surface area contributed by atoms with Gasteiger partial charge in [-0.1, -0.05) is 76.7 Å². The summed E-state index contributed by atoms with van der Waals surface area (Å²) in [6, 6.07) is 0. The van der Waals surface area contributed by atoms with Gasteiger partial charge in [-0.2, -0.15) is 0 Å². The molecule has 3 unspecified atom stereocenters. The predicted octanol–water partition coefficient (Wildman–Crippen LogP) is 5.93. The highest BCUT2D eigenvalue weighted by Gasteiger charge is 2.27. The summed E-state index contributed by atoms with van der Waals surface area (Å²) in [5.74, 6) is -0.987. The number of ether oxygens (including phenoxy) is 2. The third-order valence-corrected chi connectivity index (χ3v) is 6.81. The number of hydrogen-bond donors (Lipinski definition) is 3. The molecule has 0 aliphatic rings. The van der Waals surface area contributed by atoms with Crippen LogP contribution in [0.5, 0.6) is 0 Å². The molecule has 0 heterocycles. The second-order valence-corrected chi connectivity index (χ2v) is 11.2. The second-order valence-electron chi connectivity index (χ2n) is 9.78. The summed E-state index contributed by atoms with van der Waals surface area (Å²) in [4.78, 5) is 33.9. The molecule has 0 amide bonds. The summed E-state index contributed by atoms with van der Waals surface area (Å²) < 4.78 is 31.9. The van der Waals surface area contributed by atoms with E-state index in [9.17, 15) is 24.2 Å². The first kappa shape index (κ1) is 38.5. The Morgan fingerprint density at radius 3 is 1.98 bits per heavy atom. The molecule has 0 rings (SSSR count). The van der Waals surface area contributed by atoms with Crippen LogP contribution in [0.25, 0.3) is 0 Å². The summed E-state index contributed by atoms with van der Waals surface area (Å²) >= 11 is 0. The van der Waals surface area contributed by atoms with Crippen molar-refractivity contribution in [1.29, 1.82) is 0 Å².